The largest absolute Gasteiger partial charge is 0.367 e. The summed E-state index contributed by atoms with van der Waals surface area (Å²) in [6, 6.07) is 2.04. The fourth-order valence-electron chi connectivity index (χ4n) is 3.56. The van der Waals surface area contributed by atoms with Gasteiger partial charge in [-0.3, -0.25) is 0 Å². The smallest absolute Gasteiger partial charge is 0.321 e. The molecule has 2 aromatic rings. The molecule has 0 aliphatic carbocycles. The molecule has 2 aliphatic rings. The Bertz CT molecular complexity index is 779. The molecule has 27 heavy (non-hydrogen) atoms. The van der Waals surface area contributed by atoms with E-state index in [-0.39, 0.29) is 17.4 Å². The predicted molar refractivity (Wildman–Crippen MR) is 103 cm³/mol. The molecule has 0 bridgehead atoms. The minimum absolute atomic E-state index is 0.00237. The van der Waals surface area contributed by atoms with Crippen LogP contribution in [0.1, 0.15) is 12.8 Å². The predicted octanol–water partition coefficient (Wildman–Crippen LogP) is 3.38. The fraction of sp³-hybridized carbons (Fsp3) is 0.444. The van der Waals surface area contributed by atoms with E-state index < -0.39 is 11.6 Å². The maximum Gasteiger partial charge on any atom is 0.321 e. The first-order chi connectivity index (χ1) is 13.1. The van der Waals surface area contributed by atoms with Gasteiger partial charge in [0.05, 0.1) is 0 Å². The van der Waals surface area contributed by atoms with Gasteiger partial charge in [0.25, 0.3) is 0 Å². The van der Waals surface area contributed by atoms with E-state index in [0.717, 1.165) is 18.0 Å². The highest BCUT2D eigenvalue weighted by Crippen LogP contribution is 2.30. The first-order valence-corrected chi connectivity index (χ1v) is 9.94. The molecule has 2 aliphatic heterocycles. The van der Waals surface area contributed by atoms with Crippen LogP contribution in [0.15, 0.2) is 23.7 Å². The molecule has 2 amide bonds. The number of nitrogens with zero attached hydrogens (tertiary/aromatic N) is 4. The van der Waals surface area contributed by atoms with Crippen molar-refractivity contribution >= 4 is 33.9 Å². The number of hydrogen-bond acceptors (Lipinski definition) is 5. The Hall–Kier alpha value is -2.42. The molecule has 0 unspecified atom stereocenters. The summed E-state index contributed by atoms with van der Waals surface area (Å²) < 4.78 is 28.8. The number of urea groups is 1. The van der Waals surface area contributed by atoms with Gasteiger partial charge in [-0.05, 0) is 25.0 Å². The van der Waals surface area contributed by atoms with Crippen LogP contribution in [0.25, 0.3) is 0 Å². The zero-order valence-corrected chi connectivity index (χ0v) is 15.6. The first-order valence-electron chi connectivity index (χ1n) is 9.06. The lowest BCUT2D eigenvalue weighted by molar-refractivity contribution is 0.208. The van der Waals surface area contributed by atoms with Crippen molar-refractivity contribution in [3.8, 4) is 0 Å². The second-order valence-electron chi connectivity index (χ2n) is 6.70. The molecular formula is C18H21F2N5OS. The Morgan fingerprint density at radius 1 is 1.00 bits per heavy atom. The lowest BCUT2D eigenvalue weighted by atomic mass is 10.2. The van der Waals surface area contributed by atoms with E-state index >= 15 is 0 Å². The minimum atomic E-state index is -0.638. The van der Waals surface area contributed by atoms with Crippen molar-refractivity contribution < 1.29 is 13.6 Å². The number of hydrogen-bond donors (Lipinski definition) is 1. The maximum absolute atomic E-state index is 14.4. The molecule has 1 aromatic heterocycles. The van der Waals surface area contributed by atoms with Crippen LogP contribution < -0.4 is 15.1 Å². The number of anilines is 3. The summed E-state index contributed by atoms with van der Waals surface area (Å²) >= 11 is 1.56. The Morgan fingerprint density at radius 2 is 1.67 bits per heavy atom. The number of thiazole rings is 1. The van der Waals surface area contributed by atoms with Crippen LogP contribution in [0.3, 0.4) is 0 Å². The molecule has 144 valence electrons. The van der Waals surface area contributed by atoms with Crippen molar-refractivity contribution in [1.82, 2.24) is 9.88 Å². The summed E-state index contributed by atoms with van der Waals surface area (Å²) in [5.74, 6) is -1.28. The number of carbonyl (C=O) groups excluding carboxylic acids is 1. The average molecular weight is 393 g/mol. The molecule has 0 saturated carbocycles. The lowest BCUT2D eigenvalue weighted by Crippen LogP contribution is -2.50. The molecule has 2 fully saturated rings. The van der Waals surface area contributed by atoms with Crippen LogP contribution in [0.5, 0.6) is 0 Å². The van der Waals surface area contributed by atoms with Crippen LogP contribution in [0.2, 0.25) is 0 Å². The molecule has 1 aromatic carbocycles. The van der Waals surface area contributed by atoms with Crippen molar-refractivity contribution in [1.29, 1.82) is 0 Å². The maximum atomic E-state index is 14.4. The van der Waals surface area contributed by atoms with Crippen LogP contribution in [-0.4, -0.2) is 55.2 Å². The molecule has 0 spiro atoms. The Kier molecular flexibility index (Phi) is 5.11. The van der Waals surface area contributed by atoms with Gasteiger partial charge in [0.1, 0.15) is 5.69 Å². The SMILES string of the molecule is O=C(Nc1cc(F)c(N2CCCC2)c(F)c1)N1CCN(c2nccs2)CC1. The van der Waals surface area contributed by atoms with E-state index in [4.69, 9.17) is 0 Å². The summed E-state index contributed by atoms with van der Waals surface area (Å²) in [5.41, 5.74) is 0.142. The Balaban J connectivity index is 1.38. The summed E-state index contributed by atoms with van der Waals surface area (Å²) in [4.78, 5) is 22.2. The highest BCUT2D eigenvalue weighted by atomic mass is 32.1. The van der Waals surface area contributed by atoms with Gasteiger partial charge >= 0.3 is 6.03 Å². The van der Waals surface area contributed by atoms with Crippen molar-refractivity contribution in [3.05, 3.63) is 35.3 Å². The van der Waals surface area contributed by atoms with Gasteiger partial charge in [-0.25, -0.2) is 18.6 Å². The van der Waals surface area contributed by atoms with E-state index in [9.17, 15) is 13.6 Å². The number of piperazine rings is 1. The average Bonchev–Trinajstić information content (AvgIpc) is 3.35. The number of carbonyl (C=O) groups is 1. The van der Waals surface area contributed by atoms with Gasteiger partial charge in [-0.15, -0.1) is 11.3 Å². The topological polar surface area (TPSA) is 51.7 Å². The molecule has 3 heterocycles. The number of benzene rings is 1. The Morgan fingerprint density at radius 3 is 2.26 bits per heavy atom. The van der Waals surface area contributed by atoms with Crippen molar-refractivity contribution in [3.63, 3.8) is 0 Å². The van der Waals surface area contributed by atoms with E-state index in [0.29, 0.717) is 39.3 Å². The molecule has 1 N–H and O–H groups in total. The van der Waals surface area contributed by atoms with Gasteiger partial charge in [0.15, 0.2) is 16.8 Å². The summed E-state index contributed by atoms with van der Waals surface area (Å²) in [6.07, 6.45) is 3.63. The third-order valence-corrected chi connectivity index (χ3v) is 5.78. The van der Waals surface area contributed by atoms with Crippen LogP contribution in [-0.2, 0) is 0 Å². The van der Waals surface area contributed by atoms with E-state index in [1.54, 1.807) is 27.3 Å². The van der Waals surface area contributed by atoms with E-state index in [2.05, 4.69) is 15.2 Å². The van der Waals surface area contributed by atoms with E-state index in [1.165, 1.54) is 12.1 Å². The van der Waals surface area contributed by atoms with Gasteiger partial charge in [0.2, 0.25) is 0 Å². The third-order valence-electron chi connectivity index (χ3n) is 4.95. The number of rotatable bonds is 3. The van der Waals surface area contributed by atoms with Crippen LogP contribution in [0, 0.1) is 11.6 Å². The lowest BCUT2D eigenvalue weighted by Gasteiger charge is -2.34. The zero-order valence-electron chi connectivity index (χ0n) is 14.8. The van der Waals surface area contributed by atoms with Gasteiger partial charge < -0.3 is 20.0 Å². The van der Waals surface area contributed by atoms with Gasteiger partial charge in [0, 0.05) is 56.5 Å². The van der Waals surface area contributed by atoms with Gasteiger partial charge in [-0.1, -0.05) is 0 Å². The van der Waals surface area contributed by atoms with Gasteiger partial charge in [-0.2, -0.15) is 0 Å². The molecule has 0 atom stereocenters. The number of amides is 2. The quantitative estimate of drug-likeness (QED) is 0.869. The zero-order chi connectivity index (χ0) is 18.8. The Labute approximate surface area is 160 Å². The normalized spacial score (nSPS) is 17.5. The van der Waals surface area contributed by atoms with Crippen LogP contribution >= 0.6 is 11.3 Å². The second kappa shape index (κ2) is 7.67. The summed E-state index contributed by atoms with van der Waals surface area (Å²) in [6.45, 7) is 3.73. The molecule has 9 heteroatoms. The van der Waals surface area contributed by atoms with Crippen molar-refractivity contribution in [2.45, 2.75) is 12.8 Å². The number of aromatic nitrogens is 1. The third kappa shape index (κ3) is 3.83. The molecule has 2 saturated heterocycles. The van der Waals surface area contributed by atoms with E-state index in [1.807, 2.05) is 5.38 Å². The fourth-order valence-corrected chi connectivity index (χ4v) is 4.25. The highest BCUT2D eigenvalue weighted by Gasteiger charge is 2.24. The highest BCUT2D eigenvalue weighted by molar-refractivity contribution is 7.13. The van der Waals surface area contributed by atoms with Crippen molar-refractivity contribution in [2.75, 3.05) is 54.4 Å². The molecule has 0 radical (unpaired) electrons. The number of halogens is 2. The summed E-state index contributed by atoms with van der Waals surface area (Å²) in [5, 5.41) is 5.48. The monoisotopic (exact) mass is 393 g/mol. The second-order valence-corrected chi connectivity index (χ2v) is 7.57. The molecule has 4 rings (SSSR count). The number of nitrogens with one attached hydrogen (secondary N) is 1. The van der Waals surface area contributed by atoms with Crippen LogP contribution in [0.4, 0.5) is 30.1 Å². The minimum Gasteiger partial charge on any atom is -0.367 e. The molecule has 6 nitrogen and oxygen atoms in total. The summed E-state index contributed by atoms with van der Waals surface area (Å²) in [7, 11) is 0. The van der Waals surface area contributed by atoms with Crippen molar-refractivity contribution in [2.24, 2.45) is 0 Å². The standard InChI is InChI=1S/C18H21F2N5OS/c19-14-11-13(12-15(20)16(14)23-4-1-2-5-23)22-17(26)24-6-8-25(9-7-24)18-21-3-10-27-18/h3,10-12H,1-2,4-9H2,(H,22,26). The molecular weight excluding hydrogens is 372 g/mol. The first kappa shape index (κ1) is 18.0.